The van der Waals surface area contributed by atoms with Crippen LogP contribution in [0.3, 0.4) is 0 Å². The summed E-state index contributed by atoms with van der Waals surface area (Å²) >= 11 is 1.99. The Bertz CT molecular complexity index is 721. The van der Waals surface area contributed by atoms with E-state index in [4.69, 9.17) is 0 Å². The Kier molecular flexibility index (Phi) is 9.15. The lowest BCUT2D eigenvalue weighted by atomic mass is 10.1. The van der Waals surface area contributed by atoms with Gasteiger partial charge in [0.05, 0.1) is 0 Å². The van der Waals surface area contributed by atoms with Crippen LogP contribution in [0.4, 0.5) is 0 Å². The quantitative estimate of drug-likeness (QED) is 0.427. The zero-order valence-corrected chi connectivity index (χ0v) is 17.3. The maximum Gasteiger partial charge on any atom is 0.0237 e. The first kappa shape index (κ1) is 20.7. The molecule has 0 aliphatic heterocycles. The molecule has 0 bridgehead atoms. The van der Waals surface area contributed by atoms with Gasteiger partial charge >= 0.3 is 0 Å². The second kappa shape index (κ2) is 12.4. The molecular formula is C25H30N2S. The third-order valence-electron chi connectivity index (χ3n) is 4.64. The zero-order valence-electron chi connectivity index (χ0n) is 16.5. The Balaban J connectivity index is 1.38. The van der Waals surface area contributed by atoms with E-state index in [0.29, 0.717) is 0 Å². The predicted molar refractivity (Wildman–Crippen MR) is 122 cm³/mol. The van der Waals surface area contributed by atoms with E-state index < -0.39 is 0 Å². The molecule has 3 aromatic carbocycles. The van der Waals surface area contributed by atoms with E-state index in [1.165, 1.54) is 16.7 Å². The molecule has 0 spiro atoms. The van der Waals surface area contributed by atoms with Crippen LogP contribution in [0.1, 0.15) is 16.7 Å². The molecule has 3 heteroatoms. The summed E-state index contributed by atoms with van der Waals surface area (Å²) in [6.07, 6.45) is 0. The van der Waals surface area contributed by atoms with Crippen molar-refractivity contribution in [1.82, 2.24) is 10.2 Å². The monoisotopic (exact) mass is 390 g/mol. The standard InChI is InChI=1S/C25H30N2S/c1-4-10-23(11-5-1)20-27(21-24-12-6-2-7-13-24)18-16-26-17-19-28-22-25-14-8-3-9-15-25/h1-15,26H,16-22H2. The Labute approximate surface area is 174 Å². The Hall–Kier alpha value is -2.07. The van der Waals surface area contributed by atoms with Gasteiger partial charge in [0.15, 0.2) is 0 Å². The topological polar surface area (TPSA) is 15.3 Å². The molecule has 0 radical (unpaired) electrons. The molecule has 0 amide bonds. The van der Waals surface area contributed by atoms with Gasteiger partial charge in [-0.15, -0.1) is 0 Å². The molecule has 28 heavy (non-hydrogen) atoms. The van der Waals surface area contributed by atoms with Gasteiger partial charge in [-0.1, -0.05) is 91.0 Å². The molecule has 3 rings (SSSR count). The van der Waals surface area contributed by atoms with E-state index in [1.807, 2.05) is 11.8 Å². The Morgan fingerprint density at radius 2 is 1.11 bits per heavy atom. The van der Waals surface area contributed by atoms with E-state index in [-0.39, 0.29) is 0 Å². The number of hydrogen-bond donors (Lipinski definition) is 1. The molecule has 0 aliphatic carbocycles. The lowest BCUT2D eigenvalue weighted by Gasteiger charge is -2.23. The summed E-state index contributed by atoms with van der Waals surface area (Å²) in [6, 6.07) is 32.2. The summed E-state index contributed by atoms with van der Waals surface area (Å²) in [5, 5.41) is 3.61. The fourth-order valence-corrected chi connectivity index (χ4v) is 4.03. The highest BCUT2D eigenvalue weighted by atomic mass is 32.2. The van der Waals surface area contributed by atoms with Gasteiger partial charge < -0.3 is 5.32 Å². The number of rotatable bonds is 12. The molecule has 0 atom stereocenters. The van der Waals surface area contributed by atoms with Gasteiger partial charge in [-0.2, -0.15) is 11.8 Å². The van der Waals surface area contributed by atoms with Crippen molar-refractivity contribution in [3.05, 3.63) is 108 Å². The molecule has 3 aromatic rings. The van der Waals surface area contributed by atoms with Crippen molar-refractivity contribution < 1.29 is 0 Å². The average Bonchev–Trinajstić information content (AvgIpc) is 2.75. The maximum absolute atomic E-state index is 3.61. The lowest BCUT2D eigenvalue weighted by molar-refractivity contribution is 0.257. The summed E-state index contributed by atoms with van der Waals surface area (Å²) in [5.41, 5.74) is 4.15. The van der Waals surface area contributed by atoms with Crippen LogP contribution in [-0.4, -0.2) is 30.3 Å². The molecule has 0 aliphatic rings. The molecule has 0 saturated heterocycles. The molecule has 0 heterocycles. The number of hydrogen-bond acceptors (Lipinski definition) is 3. The van der Waals surface area contributed by atoms with Gasteiger partial charge in [0.1, 0.15) is 0 Å². The van der Waals surface area contributed by atoms with Crippen LogP contribution in [0.25, 0.3) is 0 Å². The van der Waals surface area contributed by atoms with E-state index in [9.17, 15) is 0 Å². The molecule has 0 unspecified atom stereocenters. The minimum Gasteiger partial charge on any atom is -0.315 e. The van der Waals surface area contributed by atoms with Crippen LogP contribution < -0.4 is 5.32 Å². The van der Waals surface area contributed by atoms with Gasteiger partial charge in [-0.05, 0) is 16.7 Å². The first-order valence-corrected chi connectivity index (χ1v) is 11.2. The van der Waals surface area contributed by atoms with Crippen LogP contribution in [-0.2, 0) is 18.8 Å². The van der Waals surface area contributed by atoms with E-state index in [1.54, 1.807) is 0 Å². The van der Waals surface area contributed by atoms with Crippen molar-refractivity contribution in [2.75, 3.05) is 25.4 Å². The van der Waals surface area contributed by atoms with Crippen LogP contribution >= 0.6 is 11.8 Å². The van der Waals surface area contributed by atoms with Crippen molar-refractivity contribution in [1.29, 1.82) is 0 Å². The largest absolute Gasteiger partial charge is 0.315 e. The van der Waals surface area contributed by atoms with Crippen molar-refractivity contribution in [2.24, 2.45) is 0 Å². The van der Waals surface area contributed by atoms with Crippen LogP contribution in [0.2, 0.25) is 0 Å². The van der Waals surface area contributed by atoms with Crippen LogP contribution in [0.5, 0.6) is 0 Å². The van der Waals surface area contributed by atoms with Gasteiger partial charge in [0, 0.05) is 44.2 Å². The van der Waals surface area contributed by atoms with Gasteiger partial charge in [0.2, 0.25) is 0 Å². The molecule has 2 nitrogen and oxygen atoms in total. The zero-order chi connectivity index (χ0) is 19.3. The first-order chi connectivity index (χ1) is 13.9. The Morgan fingerprint density at radius 1 is 0.607 bits per heavy atom. The van der Waals surface area contributed by atoms with Gasteiger partial charge in [0.25, 0.3) is 0 Å². The Morgan fingerprint density at radius 3 is 1.64 bits per heavy atom. The number of benzene rings is 3. The fraction of sp³-hybridized carbons (Fsp3) is 0.280. The third-order valence-corrected chi connectivity index (χ3v) is 5.67. The first-order valence-electron chi connectivity index (χ1n) is 10.0. The number of nitrogens with one attached hydrogen (secondary N) is 1. The molecule has 1 N–H and O–H groups in total. The normalized spacial score (nSPS) is 11.0. The van der Waals surface area contributed by atoms with Crippen molar-refractivity contribution in [3.8, 4) is 0 Å². The maximum atomic E-state index is 3.61. The van der Waals surface area contributed by atoms with E-state index in [2.05, 4.69) is 101 Å². The minimum absolute atomic E-state index is 0.986. The average molecular weight is 391 g/mol. The molecule has 0 saturated carbocycles. The molecule has 146 valence electrons. The van der Waals surface area contributed by atoms with Crippen molar-refractivity contribution >= 4 is 11.8 Å². The van der Waals surface area contributed by atoms with Crippen molar-refractivity contribution in [3.63, 3.8) is 0 Å². The van der Waals surface area contributed by atoms with Gasteiger partial charge in [-0.3, -0.25) is 4.90 Å². The summed E-state index contributed by atoms with van der Waals surface area (Å²) in [7, 11) is 0. The van der Waals surface area contributed by atoms with E-state index in [0.717, 1.165) is 44.2 Å². The highest BCUT2D eigenvalue weighted by Crippen LogP contribution is 2.11. The SMILES string of the molecule is c1ccc(CSCCNCCN(Cc2ccccc2)Cc2ccccc2)cc1. The van der Waals surface area contributed by atoms with Crippen molar-refractivity contribution in [2.45, 2.75) is 18.8 Å². The fourth-order valence-electron chi connectivity index (χ4n) is 3.17. The summed E-state index contributed by atoms with van der Waals surface area (Å²) in [5.74, 6) is 2.24. The predicted octanol–water partition coefficient (Wildman–Crippen LogP) is 5.21. The molecule has 0 fully saturated rings. The molecule has 0 aromatic heterocycles. The second-order valence-electron chi connectivity index (χ2n) is 6.97. The number of nitrogens with zero attached hydrogens (tertiary/aromatic N) is 1. The third kappa shape index (κ3) is 7.89. The van der Waals surface area contributed by atoms with Gasteiger partial charge in [-0.25, -0.2) is 0 Å². The van der Waals surface area contributed by atoms with Crippen LogP contribution in [0, 0.1) is 0 Å². The highest BCUT2D eigenvalue weighted by Gasteiger charge is 2.07. The minimum atomic E-state index is 0.986. The number of thioether (sulfide) groups is 1. The highest BCUT2D eigenvalue weighted by molar-refractivity contribution is 7.98. The van der Waals surface area contributed by atoms with E-state index >= 15 is 0 Å². The lowest BCUT2D eigenvalue weighted by Crippen LogP contribution is -2.32. The van der Waals surface area contributed by atoms with Crippen LogP contribution in [0.15, 0.2) is 91.0 Å². The molecular weight excluding hydrogens is 360 g/mol. The summed E-state index contributed by atoms with van der Waals surface area (Å²) in [4.78, 5) is 2.52. The smallest absolute Gasteiger partial charge is 0.0237 e. The summed E-state index contributed by atoms with van der Waals surface area (Å²) < 4.78 is 0. The second-order valence-corrected chi connectivity index (χ2v) is 8.08. The summed E-state index contributed by atoms with van der Waals surface area (Å²) in [6.45, 7) is 5.10.